The minimum atomic E-state index is -0.718. The quantitative estimate of drug-likeness (QED) is 0.478. The lowest BCUT2D eigenvalue weighted by atomic mass is 10.0. The topological polar surface area (TPSA) is 85.6 Å². The maximum Gasteiger partial charge on any atom is 0.344 e. The molecule has 3 rings (SSSR count). The predicted octanol–water partition coefficient (Wildman–Crippen LogP) is 4.89. The molecule has 0 bridgehead atoms. The Balaban J connectivity index is 1.88. The van der Waals surface area contributed by atoms with Crippen LogP contribution in [-0.2, 0) is 4.74 Å². The number of esters is 1. The normalized spacial score (nSPS) is 10.4. The molecule has 0 unspecified atom stereocenters. The Bertz CT molecular complexity index is 1050. The number of Topliss-reactive ketones (excluding diaryl/α,β-unsaturated/α-hetero) is 1. The van der Waals surface area contributed by atoms with Crippen molar-refractivity contribution in [2.45, 2.75) is 20.8 Å². The molecule has 6 nitrogen and oxygen atoms in total. The third-order valence-corrected chi connectivity index (χ3v) is 4.40. The van der Waals surface area contributed by atoms with Crippen LogP contribution in [0.2, 0.25) is 0 Å². The summed E-state index contributed by atoms with van der Waals surface area (Å²) in [6.45, 7) is 4.68. The third-order valence-electron chi connectivity index (χ3n) is 4.40. The first kappa shape index (κ1) is 20.1. The molecule has 0 radical (unpaired) electrons. The predicted molar refractivity (Wildman–Crippen MR) is 109 cm³/mol. The van der Waals surface area contributed by atoms with Crippen molar-refractivity contribution in [1.29, 1.82) is 0 Å². The van der Waals surface area contributed by atoms with Crippen molar-refractivity contribution < 1.29 is 23.5 Å². The average Bonchev–Trinajstić information content (AvgIpc) is 3.05. The van der Waals surface area contributed by atoms with Crippen molar-refractivity contribution in [2.24, 2.45) is 0 Å². The molecule has 6 heteroatoms. The molecule has 148 valence electrons. The van der Waals surface area contributed by atoms with Crippen LogP contribution in [0.3, 0.4) is 0 Å². The van der Waals surface area contributed by atoms with Crippen molar-refractivity contribution in [2.75, 3.05) is 11.9 Å². The van der Waals surface area contributed by atoms with E-state index in [0.717, 1.165) is 11.1 Å². The van der Waals surface area contributed by atoms with E-state index in [1.54, 1.807) is 26.0 Å². The number of carbonyl (C=O) groups excluding carboxylic acids is 3. The van der Waals surface area contributed by atoms with Crippen molar-refractivity contribution >= 4 is 23.5 Å². The molecule has 1 N–H and O–H groups in total. The first-order chi connectivity index (χ1) is 13.9. The zero-order valence-electron chi connectivity index (χ0n) is 16.4. The van der Waals surface area contributed by atoms with Gasteiger partial charge in [-0.3, -0.25) is 14.9 Å². The van der Waals surface area contributed by atoms with Gasteiger partial charge in [0.1, 0.15) is 11.3 Å². The van der Waals surface area contributed by atoms with Crippen LogP contribution in [0.5, 0.6) is 0 Å². The fourth-order valence-electron chi connectivity index (χ4n) is 3.07. The van der Waals surface area contributed by atoms with E-state index in [4.69, 9.17) is 9.15 Å². The Morgan fingerprint density at radius 3 is 2.14 bits per heavy atom. The van der Waals surface area contributed by atoms with Crippen LogP contribution in [0.25, 0.3) is 11.1 Å². The number of carbonyl (C=O) groups is 3. The second-order valence-electron chi connectivity index (χ2n) is 6.41. The smallest absolute Gasteiger partial charge is 0.344 e. The fraction of sp³-hybridized carbons (Fsp3) is 0.174. The third kappa shape index (κ3) is 4.27. The number of nitrogens with one attached hydrogen (secondary N) is 1. The maximum atomic E-state index is 12.7. The standard InChI is InChI=1S/C23H21NO5/c1-4-28-23(27)20-19(14(2)25)15(3)29-22(20)24-21(26)18-12-10-17(11-13-18)16-8-6-5-7-9-16/h5-13H,4H2,1-3H3,(H,24,26). The average molecular weight is 391 g/mol. The Kier molecular flexibility index (Phi) is 5.93. The summed E-state index contributed by atoms with van der Waals surface area (Å²) in [6, 6.07) is 16.8. The van der Waals surface area contributed by atoms with Crippen LogP contribution >= 0.6 is 0 Å². The van der Waals surface area contributed by atoms with Gasteiger partial charge < -0.3 is 9.15 Å². The van der Waals surface area contributed by atoms with E-state index in [-0.39, 0.29) is 35.2 Å². The van der Waals surface area contributed by atoms with Crippen LogP contribution in [0.1, 0.15) is 50.7 Å². The van der Waals surface area contributed by atoms with Gasteiger partial charge in [0.05, 0.1) is 12.2 Å². The summed E-state index contributed by atoms with van der Waals surface area (Å²) in [5.41, 5.74) is 2.45. The summed E-state index contributed by atoms with van der Waals surface area (Å²) >= 11 is 0. The molecular weight excluding hydrogens is 370 g/mol. The number of hydrogen-bond donors (Lipinski definition) is 1. The van der Waals surface area contributed by atoms with Crippen LogP contribution in [0.4, 0.5) is 5.88 Å². The zero-order chi connectivity index (χ0) is 21.0. The van der Waals surface area contributed by atoms with Crippen LogP contribution < -0.4 is 5.32 Å². The zero-order valence-corrected chi connectivity index (χ0v) is 16.4. The number of rotatable bonds is 6. The molecular formula is C23H21NO5. The highest BCUT2D eigenvalue weighted by Gasteiger charge is 2.28. The monoisotopic (exact) mass is 391 g/mol. The Hall–Kier alpha value is -3.67. The van der Waals surface area contributed by atoms with Gasteiger partial charge in [-0.2, -0.15) is 0 Å². The number of furan rings is 1. The molecule has 1 amide bonds. The summed E-state index contributed by atoms with van der Waals surface area (Å²) in [6.07, 6.45) is 0. The second kappa shape index (κ2) is 8.56. The largest absolute Gasteiger partial charge is 0.462 e. The highest BCUT2D eigenvalue weighted by atomic mass is 16.5. The number of ketones is 1. The van der Waals surface area contributed by atoms with Crippen LogP contribution in [0.15, 0.2) is 59.0 Å². The van der Waals surface area contributed by atoms with E-state index in [9.17, 15) is 14.4 Å². The van der Waals surface area contributed by atoms with Gasteiger partial charge in [0.2, 0.25) is 5.88 Å². The van der Waals surface area contributed by atoms with Crippen molar-refractivity contribution in [1.82, 2.24) is 0 Å². The van der Waals surface area contributed by atoms with Gasteiger partial charge in [0.15, 0.2) is 5.78 Å². The Labute approximate surface area is 168 Å². The number of benzene rings is 2. The summed E-state index contributed by atoms with van der Waals surface area (Å²) in [4.78, 5) is 37.0. The Morgan fingerprint density at radius 2 is 1.55 bits per heavy atom. The first-order valence-electron chi connectivity index (χ1n) is 9.20. The highest BCUT2D eigenvalue weighted by Crippen LogP contribution is 2.29. The fourth-order valence-corrected chi connectivity index (χ4v) is 3.07. The molecule has 0 spiro atoms. The van der Waals surface area contributed by atoms with Gasteiger partial charge in [-0.25, -0.2) is 4.79 Å². The summed E-state index contributed by atoms with van der Waals surface area (Å²) < 4.78 is 10.5. The van der Waals surface area contributed by atoms with Gasteiger partial charge in [-0.05, 0) is 44.0 Å². The minimum Gasteiger partial charge on any atom is -0.462 e. The van der Waals surface area contributed by atoms with Gasteiger partial charge in [0, 0.05) is 5.56 Å². The van der Waals surface area contributed by atoms with E-state index in [0.29, 0.717) is 5.56 Å². The molecule has 1 heterocycles. The minimum absolute atomic E-state index is 0.0638. The van der Waals surface area contributed by atoms with Crippen molar-refractivity contribution in [3.63, 3.8) is 0 Å². The number of anilines is 1. The molecule has 0 aliphatic rings. The number of ether oxygens (including phenoxy) is 1. The second-order valence-corrected chi connectivity index (χ2v) is 6.41. The summed E-state index contributed by atoms with van der Waals surface area (Å²) in [7, 11) is 0. The van der Waals surface area contributed by atoms with Gasteiger partial charge >= 0.3 is 5.97 Å². The van der Waals surface area contributed by atoms with E-state index in [2.05, 4.69) is 5.32 Å². The van der Waals surface area contributed by atoms with E-state index >= 15 is 0 Å². The van der Waals surface area contributed by atoms with Gasteiger partial charge in [0.25, 0.3) is 5.91 Å². The van der Waals surface area contributed by atoms with Crippen molar-refractivity contribution in [3.8, 4) is 11.1 Å². The van der Waals surface area contributed by atoms with Crippen LogP contribution in [0, 0.1) is 6.92 Å². The van der Waals surface area contributed by atoms with E-state index in [1.807, 2.05) is 42.5 Å². The maximum absolute atomic E-state index is 12.7. The van der Waals surface area contributed by atoms with Gasteiger partial charge in [-0.15, -0.1) is 0 Å². The highest BCUT2D eigenvalue weighted by molar-refractivity contribution is 6.12. The summed E-state index contributed by atoms with van der Waals surface area (Å²) in [5, 5.41) is 2.58. The molecule has 0 fully saturated rings. The lowest BCUT2D eigenvalue weighted by molar-refractivity contribution is 0.0524. The molecule has 29 heavy (non-hydrogen) atoms. The molecule has 0 saturated carbocycles. The van der Waals surface area contributed by atoms with Gasteiger partial charge in [-0.1, -0.05) is 42.5 Å². The molecule has 0 saturated heterocycles. The van der Waals surface area contributed by atoms with E-state index in [1.165, 1.54) is 6.92 Å². The lowest BCUT2D eigenvalue weighted by Gasteiger charge is -2.07. The Morgan fingerprint density at radius 1 is 0.931 bits per heavy atom. The van der Waals surface area contributed by atoms with Crippen LogP contribution in [-0.4, -0.2) is 24.3 Å². The van der Waals surface area contributed by atoms with Crippen molar-refractivity contribution in [3.05, 3.63) is 77.0 Å². The number of amides is 1. The summed E-state index contributed by atoms with van der Waals surface area (Å²) in [5.74, 6) is -1.37. The number of hydrogen-bond acceptors (Lipinski definition) is 5. The molecule has 1 aromatic heterocycles. The molecule has 2 aromatic carbocycles. The molecule has 0 aliphatic heterocycles. The first-order valence-corrected chi connectivity index (χ1v) is 9.20. The lowest BCUT2D eigenvalue weighted by Crippen LogP contribution is -2.16. The molecule has 0 atom stereocenters. The molecule has 3 aromatic rings. The molecule has 0 aliphatic carbocycles. The SMILES string of the molecule is CCOC(=O)c1c(NC(=O)c2ccc(-c3ccccc3)cc2)oc(C)c1C(C)=O. The van der Waals surface area contributed by atoms with E-state index < -0.39 is 11.9 Å². The number of aryl methyl sites for hydroxylation is 1.